The van der Waals surface area contributed by atoms with Gasteiger partial charge in [-0.2, -0.15) is 23.7 Å². The number of hydrogen-bond acceptors (Lipinski definition) is 2. The Morgan fingerprint density at radius 1 is 0.926 bits per heavy atom. The molecule has 5 heteroatoms. The summed E-state index contributed by atoms with van der Waals surface area (Å²) in [5, 5.41) is 20.4. The summed E-state index contributed by atoms with van der Waals surface area (Å²) in [5.41, 5.74) is 1.08. The fraction of sp³-hybridized carbons (Fsp3) is 0.182. The zero-order valence-corrected chi connectivity index (χ0v) is 14.7. The van der Waals surface area contributed by atoms with Gasteiger partial charge in [-0.1, -0.05) is 44.2 Å². The van der Waals surface area contributed by atoms with Crippen molar-refractivity contribution in [2.75, 3.05) is 0 Å². The highest BCUT2D eigenvalue weighted by atomic mass is 19.4. The van der Waals surface area contributed by atoms with Gasteiger partial charge in [-0.05, 0) is 46.0 Å². The Morgan fingerprint density at radius 3 is 2.26 bits per heavy atom. The highest BCUT2D eigenvalue weighted by Gasteiger charge is 2.31. The average molecular weight is 364 g/mol. The third-order valence-electron chi connectivity index (χ3n) is 4.54. The number of halogens is 3. The van der Waals surface area contributed by atoms with Crippen molar-refractivity contribution in [1.82, 2.24) is 0 Å². The van der Waals surface area contributed by atoms with Crippen LogP contribution in [0.5, 0.6) is 0 Å². The number of benzene rings is 3. The van der Waals surface area contributed by atoms with Crippen molar-refractivity contribution in [3.05, 3.63) is 70.8 Å². The van der Waals surface area contributed by atoms with E-state index in [2.05, 4.69) is 0 Å². The van der Waals surface area contributed by atoms with Gasteiger partial charge in [0.15, 0.2) is 0 Å². The number of nitrogens with zero attached hydrogens (tertiary/aromatic N) is 2. The summed E-state index contributed by atoms with van der Waals surface area (Å²) in [6.07, 6.45) is -4.49. The minimum Gasteiger partial charge on any atom is -0.192 e. The number of alkyl halides is 3. The first-order valence-corrected chi connectivity index (χ1v) is 8.34. The molecular formula is C22H15F3N2. The predicted octanol–water partition coefficient (Wildman–Crippen LogP) is 6.39. The molecule has 0 amide bonds. The van der Waals surface area contributed by atoms with Crippen molar-refractivity contribution in [3.63, 3.8) is 0 Å². The summed E-state index contributed by atoms with van der Waals surface area (Å²) in [5.74, 6) is 0.213. The van der Waals surface area contributed by atoms with Crippen LogP contribution in [0, 0.1) is 22.7 Å². The Bertz CT molecular complexity index is 1110. The Labute approximate surface area is 155 Å². The molecule has 134 valence electrons. The largest absolute Gasteiger partial charge is 0.416 e. The van der Waals surface area contributed by atoms with Crippen molar-refractivity contribution in [2.45, 2.75) is 25.9 Å². The molecule has 0 aliphatic carbocycles. The molecule has 0 N–H and O–H groups in total. The van der Waals surface area contributed by atoms with Gasteiger partial charge in [0.1, 0.15) is 12.1 Å². The van der Waals surface area contributed by atoms with Gasteiger partial charge >= 0.3 is 6.18 Å². The molecule has 0 fully saturated rings. The minimum atomic E-state index is -4.49. The monoisotopic (exact) mass is 364 g/mol. The third-order valence-corrected chi connectivity index (χ3v) is 4.54. The van der Waals surface area contributed by atoms with E-state index in [0.717, 1.165) is 17.7 Å². The molecule has 0 radical (unpaired) electrons. The smallest absolute Gasteiger partial charge is 0.192 e. The Balaban J connectivity index is 2.44. The Morgan fingerprint density at radius 2 is 1.67 bits per heavy atom. The van der Waals surface area contributed by atoms with E-state index in [1.807, 2.05) is 44.2 Å². The fourth-order valence-electron chi connectivity index (χ4n) is 3.13. The van der Waals surface area contributed by atoms with Crippen LogP contribution >= 0.6 is 0 Å². The normalized spacial score (nSPS) is 11.4. The maximum Gasteiger partial charge on any atom is 0.416 e. The first-order valence-electron chi connectivity index (χ1n) is 8.34. The van der Waals surface area contributed by atoms with Crippen LogP contribution < -0.4 is 0 Å². The lowest BCUT2D eigenvalue weighted by Crippen LogP contribution is -2.05. The number of rotatable bonds is 2. The second kappa shape index (κ2) is 6.78. The molecule has 0 saturated heterocycles. The summed E-state index contributed by atoms with van der Waals surface area (Å²) >= 11 is 0. The standard InChI is InChI=1S/C22H15F3N2/c1-13(2)14-6-7-15-8-17(11-26)20(12-27)21(19(15)10-14)16-4-3-5-18(9-16)22(23,24)25/h3-10,13H,1-2H3. The number of nitriles is 2. The van der Waals surface area contributed by atoms with E-state index in [9.17, 15) is 23.7 Å². The van der Waals surface area contributed by atoms with Gasteiger partial charge in [0.25, 0.3) is 0 Å². The van der Waals surface area contributed by atoms with Crippen LogP contribution in [0.1, 0.15) is 42.0 Å². The maximum absolute atomic E-state index is 13.2. The highest BCUT2D eigenvalue weighted by molar-refractivity contribution is 6.01. The van der Waals surface area contributed by atoms with Crippen molar-refractivity contribution in [1.29, 1.82) is 10.5 Å². The summed E-state index contributed by atoms with van der Waals surface area (Å²) in [6.45, 7) is 4.03. The van der Waals surface area contributed by atoms with Crippen molar-refractivity contribution in [2.24, 2.45) is 0 Å². The molecule has 0 aromatic heterocycles. The zero-order chi connectivity index (χ0) is 19.8. The Kier molecular flexibility index (Phi) is 4.64. The molecule has 0 aliphatic heterocycles. The van der Waals surface area contributed by atoms with Crippen molar-refractivity contribution >= 4 is 10.8 Å². The van der Waals surface area contributed by atoms with Gasteiger partial charge in [0.2, 0.25) is 0 Å². The molecule has 0 heterocycles. The second-order valence-corrected chi connectivity index (χ2v) is 6.61. The molecule has 0 bridgehead atoms. The van der Waals surface area contributed by atoms with Crippen LogP contribution in [0.4, 0.5) is 13.2 Å². The van der Waals surface area contributed by atoms with Crippen molar-refractivity contribution in [3.8, 4) is 23.3 Å². The summed E-state index contributed by atoms with van der Waals surface area (Å²) in [4.78, 5) is 0. The molecule has 3 aromatic rings. The number of fused-ring (bicyclic) bond motifs is 1. The Hall–Kier alpha value is -3.31. The van der Waals surface area contributed by atoms with Gasteiger partial charge in [-0.15, -0.1) is 0 Å². The second-order valence-electron chi connectivity index (χ2n) is 6.61. The molecular weight excluding hydrogens is 349 g/mol. The predicted molar refractivity (Wildman–Crippen MR) is 97.9 cm³/mol. The molecule has 0 saturated carbocycles. The van der Waals surface area contributed by atoms with E-state index in [1.165, 1.54) is 12.1 Å². The SMILES string of the molecule is CC(C)c1ccc2cc(C#N)c(C#N)c(-c3cccc(C(F)(F)F)c3)c2c1. The molecule has 2 nitrogen and oxygen atoms in total. The molecule has 0 atom stereocenters. The third kappa shape index (κ3) is 3.37. The lowest BCUT2D eigenvalue weighted by molar-refractivity contribution is -0.137. The molecule has 0 spiro atoms. The van der Waals surface area contributed by atoms with E-state index in [-0.39, 0.29) is 22.6 Å². The summed E-state index contributed by atoms with van der Waals surface area (Å²) in [7, 11) is 0. The minimum absolute atomic E-state index is 0.0882. The van der Waals surface area contributed by atoms with Crippen LogP contribution in [0.15, 0.2) is 48.5 Å². The fourth-order valence-corrected chi connectivity index (χ4v) is 3.13. The van der Waals surface area contributed by atoms with Crippen LogP contribution in [-0.4, -0.2) is 0 Å². The van der Waals surface area contributed by atoms with E-state index in [0.29, 0.717) is 16.3 Å². The first-order chi connectivity index (χ1) is 12.8. The summed E-state index contributed by atoms with van der Waals surface area (Å²) < 4.78 is 39.5. The van der Waals surface area contributed by atoms with Gasteiger partial charge < -0.3 is 0 Å². The lowest BCUT2D eigenvalue weighted by Gasteiger charge is -2.15. The van der Waals surface area contributed by atoms with E-state index in [4.69, 9.17) is 0 Å². The van der Waals surface area contributed by atoms with Gasteiger partial charge in [0, 0.05) is 5.56 Å². The van der Waals surface area contributed by atoms with Gasteiger partial charge in [-0.3, -0.25) is 0 Å². The van der Waals surface area contributed by atoms with Crippen molar-refractivity contribution < 1.29 is 13.2 Å². The lowest BCUT2D eigenvalue weighted by atomic mass is 9.88. The van der Waals surface area contributed by atoms with Crippen LogP contribution in [-0.2, 0) is 6.18 Å². The molecule has 3 rings (SSSR count). The van der Waals surface area contributed by atoms with Gasteiger partial charge in [-0.25, -0.2) is 0 Å². The van der Waals surface area contributed by atoms with Crippen LogP contribution in [0.3, 0.4) is 0 Å². The average Bonchev–Trinajstić information content (AvgIpc) is 2.65. The zero-order valence-electron chi connectivity index (χ0n) is 14.7. The first kappa shape index (κ1) is 18.5. The molecule has 27 heavy (non-hydrogen) atoms. The van der Waals surface area contributed by atoms with Crippen LogP contribution in [0.2, 0.25) is 0 Å². The van der Waals surface area contributed by atoms with Gasteiger partial charge in [0.05, 0.1) is 16.7 Å². The number of hydrogen-bond donors (Lipinski definition) is 0. The molecule has 3 aromatic carbocycles. The highest BCUT2D eigenvalue weighted by Crippen LogP contribution is 2.38. The molecule has 0 unspecified atom stereocenters. The van der Waals surface area contributed by atoms with Crippen LogP contribution in [0.25, 0.3) is 21.9 Å². The molecule has 0 aliphatic rings. The van der Waals surface area contributed by atoms with E-state index >= 15 is 0 Å². The van der Waals surface area contributed by atoms with E-state index in [1.54, 1.807) is 6.07 Å². The van der Waals surface area contributed by atoms with E-state index < -0.39 is 11.7 Å². The maximum atomic E-state index is 13.2. The summed E-state index contributed by atoms with van der Waals surface area (Å²) in [6, 6.07) is 16.1. The topological polar surface area (TPSA) is 47.6 Å². The quantitative estimate of drug-likeness (QED) is 0.529.